The number of rotatable bonds is 3. The SMILES string of the molecule is CC(C)(C)ONCc1cc(Br)ccc1O. The van der Waals surface area contributed by atoms with E-state index in [1.165, 1.54) is 0 Å². The third-order valence-electron chi connectivity index (χ3n) is 1.68. The van der Waals surface area contributed by atoms with Crippen molar-refractivity contribution in [1.29, 1.82) is 0 Å². The number of benzene rings is 1. The van der Waals surface area contributed by atoms with Crippen molar-refractivity contribution in [2.24, 2.45) is 0 Å². The van der Waals surface area contributed by atoms with Gasteiger partial charge < -0.3 is 5.11 Å². The molecule has 3 nitrogen and oxygen atoms in total. The van der Waals surface area contributed by atoms with E-state index in [-0.39, 0.29) is 11.4 Å². The van der Waals surface area contributed by atoms with Crippen LogP contribution in [0.4, 0.5) is 0 Å². The zero-order valence-electron chi connectivity index (χ0n) is 9.17. The fourth-order valence-electron chi connectivity index (χ4n) is 1.03. The molecule has 1 rings (SSSR count). The number of phenolic OH excluding ortho intramolecular Hbond substituents is 1. The number of nitrogens with one attached hydrogen (secondary N) is 1. The summed E-state index contributed by atoms with van der Waals surface area (Å²) in [7, 11) is 0. The summed E-state index contributed by atoms with van der Waals surface area (Å²) in [6.45, 7) is 6.35. The Bertz CT molecular complexity index is 334. The van der Waals surface area contributed by atoms with Crippen molar-refractivity contribution in [3.05, 3.63) is 28.2 Å². The highest BCUT2D eigenvalue weighted by molar-refractivity contribution is 9.10. The molecular weight excluding hydrogens is 258 g/mol. The quantitative estimate of drug-likeness (QED) is 0.832. The molecular formula is C11H16BrNO2. The fourth-order valence-corrected chi connectivity index (χ4v) is 1.43. The van der Waals surface area contributed by atoms with Gasteiger partial charge in [0.25, 0.3) is 0 Å². The van der Waals surface area contributed by atoms with Crippen molar-refractivity contribution in [3.63, 3.8) is 0 Å². The van der Waals surface area contributed by atoms with E-state index < -0.39 is 0 Å². The van der Waals surface area contributed by atoms with Gasteiger partial charge >= 0.3 is 0 Å². The average Bonchev–Trinajstić information content (AvgIpc) is 2.09. The minimum absolute atomic E-state index is 0.234. The van der Waals surface area contributed by atoms with Crippen molar-refractivity contribution in [2.45, 2.75) is 32.9 Å². The molecule has 2 N–H and O–H groups in total. The lowest BCUT2D eigenvalue weighted by molar-refractivity contribution is -0.0759. The lowest BCUT2D eigenvalue weighted by Crippen LogP contribution is -2.28. The zero-order chi connectivity index (χ0) is 11.5. The van der Waals surface area contributed by atoms with Gasteiger partial charge in [-0.15, -0.1) is 0 Å². The molecule has 0 atom stereocenters. The number of halogens is 1. The minimum Gasteiger partial charge on any atom is -0.508 e. The van der Waals surface area contributed by atoms with Crippen LogP contribution in [0.15, 0.2) is 22.7 Å². The molecule has 1 aromatic carbocycles. The standard InChI is InChI=1S/C11H16BrNO2/c1-11(2,3)15-13-7-8-6-9(12)4-5-10(8)14/h4-6,13-14H,7H2,1-3H3. The normalized spacial score (nSPS) is 11.7. The maximum atomic E-state index is 9.55. The van der Waals surface area contributed by atoms with Crippen LogP contribution < -0.4 is 5.48 Å². The Hall–Kier alpha value is -0.580. The third-order valence-corrected chi connectivity index (χ3v) is 2.18. The van der Waals surface area contributed by atoms with Gasteiger partial charge in [0.2, 0.25) is 0 Å². The van der Waals surface area contributed by atoms with Crippen molar-refractivity contribution in [1.82, 2.24) is 5.48 Å². The number of hydrogen-bond acceptors (Lipinski definition) is 3. The van der Waals surface area contributed by atoms with Gasteiger partial charge in [-0.1, -0.05) is 15.9 Å². The van der Waals surface area contributed by atoms with Gasteiger partial charge in [0.15, 0.2) is 0 Å². The van der Waals surface area contributed by atoms with Crippen LogP contribution in [0.2, 0.25) is 0 Å². The van der Waals surface area contributed by atoms with E-state index in [9.17, 15) is 5.11 Å². The second-order valence-corrected chi connectivity index (χ2v) is 5.22. The first-order valence-electron chi connectivity index (χ1n) is 4.77. The molecule has 0 aliphatic rings. The number of hydroxylamine groups is 1. The van der Waals surface area contributed by atoms with Gasteiger partial charge in [-0.3, -0.25) is 4.84 Å². The highest BCUT2D eigenvalue weighted by Crippen LogP contribution is 2.21. The van der Waals surface area contributed by atoms with E-state index in [0.29, 0.717) is 6.54 Å². The monoisotopic (exact) mass is 273 g/mol. The van der Waals surface area contributed by atoms with Gasteiger partial charge in [-0.05, 0) is 39.0 Å². The molecule has 0 saturated heterocycles. The molecule has 0 spiro atoms. The topological polar surface area (TPSA) is 41.5 Å². The smallest absolute Gasteiger partial charge is 0.120 e. The van der Waals surface area contributed by atoms with Crippen LogP contribution in [-0.2, 0) is 11.4 Å². The first-order valence-corrected chi connectivity index (χ1v) is 5.56. The Morgan fingerprint density at radius 3 is 2.67 bits per heavy atom. The summed E-state index contributed by atoms with van der Waals surface area (Å²) in [6, 6.07) is 5.30. The second-order valence-electron chi connectivity index (χ2n) is 4.31. The molecule has 0 heterocycles. The molecule has 0 aliphatic carbocycles. The average molecular weight is 274 g/mol. The Kier molecular flexibility index (Phi) is 4.13. The molecule has 0 radical (unpaired) electrons. The molecule has 4 heteroatoms. The van der Waals surface area contributed by atoms with Crippen molar-refractivity contribution in [2.75, 3.05) is 0 Å². The van der Waals surface area contributed by atoms with Crippen LogP contribution in [0.5, 0.6) is 5.75 Å². The van der Waals surface area contributed by atoms with Crippen LogP contribution in [0.25, 0.3) is 0 Å². The van der Waals surface area contributed by atoms with Crippen molar-refractivity contribution in [3.8, 4) is 5.75 Å². The number of phenols is 1. The van der Waals surface area contributed by atoms with Crippen LogP contribution in [0, 0.1) is 0 Å². The Morgan fingerprint density at radius 1 is 1.40 bits per heavy atom. The molecule has 0 aliphatic heterocycles. The Balaban J connectivity index is 2.54. The van der Waals surface area contributed by atoms with Crippen LogP contribution in [-0.4, -0.2) is 10.7 Å². The molecule has 84 valence electrons. The summed E-state index contributed by atoms with van der Waals surface area (Å²) in [6.07, 6.45) is 0. The highest BCUT2D eigenvalue weighted by atomic mass is 79.9. The summed E-state index contributed by atoms with van der Waals surface area (Å²) in [4.78, 5) is 5.35. The lowest BCUT2D eigenvalue weighted by atomic mass is 10.2. The van der Waals surface area contributed by atoms with Crippen LogP contribution >= 0.6 is 15.9 Å². The molecule has 0 aromatic heterocycles. The van der Waals surface area contributed by atoms with Gasteiger partial charge in [-0.2, -0.15) is 5.48 Å². The first kappa shape index (κ1) is 12.5. The van der Waals surface area contributed by atoms with E-state index in [1.807, 2.05) is 26.8 Å². The third kappa shape index (κ3) is 4.64. The first-order chi connectivity index (χ1) is 6.88. The summed E-state index contributed by atoms with van der Waals surface area (Å²) in [5, 5.41) is 9.55. The highest BCUT2D eigenvalue weighted by Gasteiger charge is 2.10. The number of hydrogen-bond donors (Lipinski definition) is 2. The molecule has 0 fully saturated rings. The minimum atomic E-state index is -0.234. The van der Waals surface area contributed by atoms with Gasteiger partial charge in [0.05, 0.1) is 5.60 Å². The van der Waals surface area contributed by atoms with E-state index in [1.54, 1.807) is 12.1 Å². The van der Waals surface area contributed by atoms with E-state index in [2.05, 4.69) is 21.4 Å². The molecule has 0 bridgehead atoms. The second kappa shape index (κ2) is 4.96. The summed E-state index contributed by atoms with van der Waals surface area (Å²) >= 11 is 3.35. The Labute approximate surface area is 98.5 Å². The zero-order valence-corrected chi connectivity index (χ0v) is 10.8. The largest absolute Gasteiger partial charge is 0.508 e. The van der Waals surface area contributed by atoms with Gasteiger partial charge in [-0.25, -0.2) is 0 Å². The predicted molar refractivity (Wildman–Crippen MR) is 63.5 cm³/mol. The lowest BCUT2D eigenvalue weighted by Gasteiger charge is -2.19. The molecule has 15 heavy (non-hydrogen) atoms. The van der Waals surface area contributed by atoms with E-state index in [0.717, 1.165) is 10.0 Å². The molecule has 1 aromatic rings. The Morgan fingerprint density at radius 2 is 2.07 bits per heavy atom. The van der Waals surface area contributed by atoms with Crippen molar-refractivity contribution < 1.29 is 9.94 Å². The maximum Gasteiger partial charge on any atom is 0.120 e. The molecule has 0 unspecified atom stereocenters. The molecule has 0 saturated carbocycles. The maximum absolute atomic E-state index is 9.55. The summed E-state index contributed by atoms with van der Waals surface area (Å²) < 4.78 is 0.938. The van der Waals surface area contributed by atoms with Crippen LogP contribution in [0.1, 0.15) is 26.3 Å². The molecule has 0 amide bonds. The summed E-state index contributed by atoms with van der Waals surface area (Å²) in [5.41, 5.74) is 3.39. The predicted octanol–water partition coefficient (Wildman–Crippen LogP) is 2.97. The summed E-state index contributed by atoms with van der Waals surface area (Å²) in [5.74, 6) is 0.267. The van der Waals surface area contributed by atoms with Crippen molar-refractivity contribution >= 4 is 15.9 Å². The van der Waals surface area contributed by atoms with Crippen LogP contribution in [0.3, 0.4) is 0 Å². The van der Waals surface area contributed by atoms with Gasteiger partial charge in [0, 0.05) is 16.6 Å². The van der Waals surface area contributed by atoms with Gasteiger partial charge in [0.1, 0.15) is 5.75 Å². The van der Waals surface area contributed by atoms with E-state index in [4.69, 9.17) is 4.84 Å². The fraction of sp³-hybridized carbons (Fsp3) is 0.455. The number of aromatic hydroxyl groups is 1. The van der Waals surface area contributed by atoms with E-state index >= 15 is 0 Å².